The Morgan fingerprint density at radius 1 is 1.25 bits per heavy atom. The predicted octanol–water partition coefficient (Wildman–Crippen LogP) is 3.75. The second kappa shape index (κ2) is 11.3. The van der Waals surface area contributed by atoms with Crippen LogP contribution in [-0.4, -0.2) is 30.8 Å². The zero-order chi connectivity index (χ0) is 14.1. The average molecular weight is 407 g/mol. The number of nitrogens with one attached hydrogen (secondary N) is 2. The molecule has 1 aromatic rings. The summed E-state index contributed by atoms with van der Waals surface area (Å²) in [5, 5.41) is 7.24. The van der Waals surface area contributed by atoms with Crippen molar-refractivity contribution >= 4 is 41.7 Å². The summed E-state index contributed by atoms with van der Waals surface area (Å²) in [4.78, 5) is 5.55. The summed E-state index contributed by atoms with van der Waals surface area (Å²) in [6.07, 6.45) is 1.09. The van der Waals surface area contributed by atoms with Gasteiger partial charge in [-0.2, -0.15) is 0 Å². The first kappa shape index (κ1) is 19.6. The molecule has 2 unspecified atom stereocenters. The zero-order valence-electron chi connectivity index (χ0n) is 12.7. The highest BCUT2D eigenvalue weighted by Gasteiger charge is 2.07. The number of hydrogen-bond acceptors (Lipinski definition) is 2. The van der Waals surface area contributed by atoms with E-state index in [1.807, 2.05) is 24.9 Å². The number of benzene rings is 1. The van der Waals surface area contributed by atoms with Crippen LogP contribution in [0, 0.1) is 0 Å². The van der Waals surface area contributed by atoms with Crippen LogP contribution in [0.2, 0.25) is 0 Å². The van der Waals surface area contributed by atoms with Gasteiger partial charge >= 0.3 is 0 Å². The molecule has 0 aromatic heterocycles. The third-order valence-corrected chi connectivity index (χ3v) is 3.97. The monoisotopic (exact) mass is 407 g/mol. The standard InChI is InChI=1S/C15H25N3S.HI/c1-5-12(2)18-15(16-4)17-11-13(3)19-14-9-7-6-8-10-14;/h6-10,12-13H,5,11H2,1-4H3,(H2,16,17,18);1H. The van der Waals surface area contributed by atoms with Crippen LogP contribution in [0.5, 0.6) is 0 Å². The van der Waals surface area contributed by atoms with Gasteiger partial charge in [-0.25, -0.2) is 0 Å². The summed E-state index contributed by atoms with van der Waals surface area (Å²) >= 11 is 1.88. The summed E-state index contributed by atoms with van der Waals surface area (Å²) < 4.78 is 0. The Labute approximate surface area is 144 Å². The topological polar surface area (TPSA) is 36.4 Å². The van der Waals surface area contributed by atoms with Crippen molar-refractivity contribution in [2.45, 2.75) is 43.4 Å². The average Bonchev–Trinajstić information content (AvgIpc) is 2.44. The number of thioether (sulfide) groups is 1. The minimum Gasteiger partial charge on any atom is -0.355 e. The Balaban J connectivity index is 0.00000361. The maximum atomic E-state index is 4.24. The van der Waals surface area contributed by atoms with E-state index in [0.717, 1.165) is 18.9 Å². The van der Waals surface area contributed by atoms with E-state index in [4.69, 9.17) is 0 Å². The van der Waals surface area contributed by atoms with E-state index >= 15 is 0 Å². The maximum absolute atomic E-state index is 4.24. The lowest BCUT2D eigenvalue weighted by Crippen LogP contribution is -2.43. The molecule has 0 bridgehead atoms. The van der Waals surface area contributed by atoms with E-state index in [2.05, 4.69) is 60.7 Å². The molecule has 2 N–H and O–H groups in total. The molecule has 0 spiro atoms. The SMILES string of the molecule is CCC(C)NC(=NC)NCC(C)Sc1ccccc1.I. The van der Waals surface area contributed by atoms with E-state index in [-0.39, 0.29) is 24.0 Å². The van der Waals surface area contributed by atoms with Gasteiger partial charge in [0.15, 0.2) is 5.96 Å². The first-order valence-corrected chi connectivity index (χ1v) is 7.72. The van der Waals surface area contributed by atoms with Crippen molar-refractivity contribution in [1.82, 2.24) is 10.6 Å². The lowest BCUT2D eigenvalue weighted by atomic mass is 10.3. The third-order valence-electron chi connectivity index (χ3n) is 2.86. The maximum Gasteiger partial charge on any atom is 0.191 e. The first-order valence-electron chi connectivity index (χ1n) is 6.84. The summed E-state index contributed by atoms with van der Waals surface area (Å²) in [7, 11) is 1.81. The molecule has 114 valence electrons. The fourth-order valence-corrected chi connectivity index (χ4v) is 2.49. The molecular weight excluding hydrogens is 381 g/mol. The molecule has 0 amide bonds. The number of hydrogen-bond donors (Lipinski definition) is 2. The second-order valence-electron chi connectivity index (χ2n) is 4.65. The van der Waals surface area contributed by atoms with Crippen LogP contribution >= 0.6 is 35.7 Å². The van der Waals surface area contributed by atoms with Gasteiger partial charge in [0.2, 0.25) is 0 Å². The van der Waals surface area contributed by atoms with Crippen molar-refractivity contribution in [1.29, 1.82) is 0 Å². The number of guanidine groups is 1. The normalized spacial score (nSPS) is 14.1. The van der Waals surface area contributed by atoms with E-state index in [1.165, 1.54) is 4.90 Å². The lowest BCUT2D eigenvalue weighted by Gasteiger charge is -2.18. The molecule has 0 aliphatic heterocycles. The van der Waals surface area contributed by atoms with Gasteiger partial charge in [0, 0.05) is 29.8 Å². The molecule has 2 atom stereocenters. The van der Waals surface area contributed by atoms with Crippen LogP contribution in [0.3, 0.4) is 0 Å². The molecular formula is C15H26IN3S. The molecule has 1 aromatic carbocycles. The highest BCUT2D eigenvalue weighted by molar-refractivity contribution is 14.0. The minimum atomic E-state index is 0. The molecule has 0 radical (unpaired) electrons. The quantitative estimate of drug-likeness (QED) is 0.327. The molecule has 20 heavy (non-hydrogen) atoms. The first-order chi connectivity index (χ1) is 9.15. The molecule has 0 heterocycles. The van der Waals surface area contributed by atoms with E-state index in [0.29, 0.717) is 11.3 Å². The largest absolute Gasteiger partial charge is 0.355 e. The van der Waals surface area contributed by atoms with Gasteiger partial charge in [0.1, 0.15) is 0 Å². The van der Waals surface area contributed by atoms with Crippen molar-refractivity contribution in [3.8, 4) is 0 Å². The Morgan fingerprint density at radius 2 is 1.90 bits per heavy atom. The molecule has 0 aliphatic rings. The van der Waals surface area contributed by atoms with Gasteiger partial charge in [-0.1, -0.05) is 32.0 Å². The number of nitrogens with zero attached hydrogens (tertiary/aromatic N) is 1. The number of rotatable bonds is 6. The Hall–Kier alpha value is -0.430. The molecule has 3 nitrogen and oxygen atoms in total. The van der Waals surface area contributed by atoms with Gasteiger partial charge in [-0.05, 0) is 25.5 Å². The van der Waals surface area contributed by atoms with Crippen LogP contribution in [0.25, 0.3) is 0 Å². The van der Waals surface area contributed by atoms with E-state index in [1.54, 1.807) is 0 Å². The van der Waals surface area contributed by atoms with Gasteiger partial charge in [0.05, 0.1) is 0 Å². The van der Waals surface area contributed by atoms with Gasteiger partial charge in [-0.3, -0.25) is 4.99 Å². The van der Waals surface area contributed by atoms with Crippen LogP contribution in [-0.2, 0) is 0 Å². The molecule has 0 aliphatic carbocycles. The molecule has 1 rings (SSSR count). The van der Waals surface area contributed by atoms with Crippen molar-refractivity contribution < 1.29 is 0 Å². The molecule has 5 heteroatoms. The summed E-state index contributed by atoms with van der Waals surface area (Å²) in [6.45, 7) is 7.45. The Morgan fingerprint density at radius 3 is 2.45 bits per heavy atom. The second-order valence-corrected chi connectivity index (χ2v) is 6.16. The summed E-state index contributed by atoms with van der Waals surface area (Å²) in [5.74, 6) is 0.884. The van der Waals surface area contributed by atoms with Crippen molar-refractivity contribution in [3.05, 3.63) is 30.3 Å². The van der Waals surface area contributed by atoms with Gasteiger partial charge in [-0.15, -0.1) is 35.7 Å². The predicted molar refractivity (Wildman–Crippen MR) is 101 cm³/mol. The fourth-order valence-electron chi connectivity index (χ4n) is 1.54. The van der Waals surface area contributed by atoms with Gasteiger partial charge < -0.3 is 10.6 Å². The Bertz CT molecular complexity index is 384. The number of halogens is 1. The van der Waals surface area contributed by atoms with Crippen molar-refractivity contribution in [3.63, 3.8) is 0 Å². The van der Waals surface area contributed by atoms with Crippen LogP contribution in [0.1, 0.15) is 27.2 Å². The molecule has 0 fully saturated rings. The number of aliphatic imine (C=N–C) groups is 1. The molecule has 0 saturated carbocycles. The van der Waals surface area contributed by atoms with Crippen LogP contribution < -0.4 is 10.6 Å². The smallest absolute Gasteiger partial charge is 0.191 e. The fraction of sp³-hybridized carbons (Fsp3) is 0.533. The lowest BCUT2D eigenvalue weighted by molar-refractivity contribution is 0.624. The van der Waals surface area contributed by atoms with Crippen molar-refractivity contribution in [2.75, 3.05) is 13.6 Å². The minimum absolute atomic E-state index is 0. The highest BCUT2D eigenvalue weighted by Crippen LogP contribution is 2.21. The highest BCUT2D eigenvalue weighted by atomic mass is 127. The zero-order valence-corrected chi connectivity index (χ0v) is 15.9. The third kappa shape index (κ3) is 7.99. The van der Waals surface area contributed by atoms with Crippen LogP contribution in [0.4, 0.5) is 0 Å². The van der Waals surface area contributed by atoms with E-state index < -0.39 is 0 Å². The van der Waals surface area contributed by atoms with Crippen LogP contribution in [0.15, 0.2) is 40.2 Å². The Kier molecular flexibility index (Phi) is 11.0. The summed E-state index contributed by atoms with van der Waals surface area (Å²) in [5.41, 5.74) is 0. The van der Waals surface area contributed by atoms with E-state index in [9.17, 15) is 0 Å². The van der Waals surface area contributed by atoms with Gasteiger partial charge in [0.25, 0.3) is 0 Å². The van der Waals surface area contributed by atoms with Crippen molar-refractivity contribution in [2.24, 2.45) is 4.99 Å². The molecule has 0 saturated heterocycles. The summed E-state index contributed by atoms with van der Waals surface area (Å²) in [6, 6.07) is 10.9.